The second kappa shape index (κ2) is 7.07. The number of imide groups is 1. The van der Waals surface area contributed by atoms with Gasteiger partial charge in [-0.2, -0.15) is 0 Å². The quantitative estimate of drug-likeness (QED) is 0.751. The largest absolute Gasteiger partial charge is 0.348 e. The van der Waals surface area contributed by atoms with E-state index in [2.05, 4.69) is 5.32 Å². The molecule has 3 saturated heterocycles. The number of rotatable bonds is 4. The van der Waals surface area contributed by atoms with Crippen LogP contribution >= 0.6 is 11.3 Å². The van der Waals surface area contributed by atoms with Gasteiger partial charge < -0.3 is 19.7 Å². The van der Waals surface area contributed by atoms with Gasteiger partial charge in [-0.3, -0.25) is 14.5 Å². The predicted molar refractivity (Wildman–Crippen MR) is 104 cm³/mol. The van der Waals surface area contributed by atoms with Crippen LogP contribution in [0.5, 0.6) is 0 Å². The van der Waals surface area contributed by atoms with Gasteiger partial charge in [0.25, 0.3) is 5.91 Å². The zero-order valence-corrected chi connectivity index (χ0v) is 17.0. The molecule has 1 aromatic heterocycles. The third-order valence-electron chi connectivity index (χ3n) is 6.59. The lowest BCUT2D eigenvalue weighted by Crippen LogP contribution is -2.53. The highest BCUT2D eigenvalue weighted by molar-refractivity contribution is 7.09. The third kappa shape index (κ3) is 3.35. The molecule has 29 heavy (non-hydrogen) atoms. The summed E-state index contributed by atoms with van der Waals surface area (Å²) < 4.78 is 11.5. The van der Waals surface area contributed by atoms with E-state index in [1.165, 1.54) is 4.90 Å². The van der Waals surface area contributed by atoms with Crippen LogP contribution in [0.4, 0.5) is 4.79 Å². The van der Waals surface area contributed by atoms with Crippen LogP contribution < -0.4 is 5.32 Å². The molecule has 1 unspecified atom stereocenters. The summed E-state index contributed by atoms with van der Waals surface area (Å²) in [6.45, 7) is 2.62. The van der Waals surface area contributed by atoms with Crippen LogP contribution in [0.1, 0.15) is 37.0 Å². The van der Waals surface area contributed by atoms with E-state index in [1.54, 1.807) is 11.3 Å². The first-order valence-corrected chi connectivity index (χ1v) is 11.1. The van der Waals surface area contributed by atoms with Crippen LogP contribution in [-0.2, 0) is 25.6 Å². The number of hydrogen-bond donors (Lipinski definition) is 1. The number of thiophene rings is 1. The van der Waals surface area contributed by atoms with Gasteiger partial charge in [0.1, 0.15) is 5.54 Å². The zero-order valence-electron chi connectivity index (χ0n) is 16.2. The lowest BCUT2D eigenvalue weighted by atomic mass is 9.78. The Balaban J connectivity index is 1.21. The minimum absolute atomic E-state index is 0.0243. The van der Waals surface area contributed by atoms with Crippen molar-refractivity contribution in [1.29, 1.82) is 0 Å². The smallest absolute Gasteiger partial charge is 0.325 e. The molecule has 4 amide bonds. The average molecular weight is 420 g/mol. The molecule has 4 heterocycles. The number of nitrogens with one attached hydrogen (secondary N) is 1. The highest BCUT2D eigenvalue weighted by atomic mass is 32.1. The van der Waals surface area contributed by atoms with Crippen molar-refractivity contribution < 1.29 is 23.9 Å². The van der Waals surface area contributed by atoms with Gasteiger partial charge in [0.2, 0.25) is 5.91 Å². The Morgan fingerprint density at radius 2 is 1.90 bits per heavy atom. The first-order valence-electron chi connectivity index (χ1n) is 10.2. The van der Waals surface area contributed by atoms with E-state index in [0.29, 0.717) is 58.4 Å². The summed E-state index contributed by atoms with van der Waals surface area (Å²) >= 11 is 1.63. The molecule has 1 aliphatic carbocycles. The van der Waals surface area contributed by atoms with E-state index in [0.717, 1.165) is 4.88 Å². The standard InChI is InChI=1S/C20H25N3O5S/c24-16-10-14(11-22(16)13-15-2-1-9-29-15)12-23-17(25)19(21-18(23)26)3-5-20(6-4-19)27-7-8-28-20/h1-2,9,14H,3-8,10-13H2,(H,21,26). The van der Waals surface area contributed by atoms with E-state index in [1.807, 2.05) is 22.4 Å². The monoisotopic (exact) mass is 419 g/mol. The Kier molecular flexibility index (Phi) is 4.64. The van der Waals surface area contributed by atoms with E-state index in [4.69, 9.17) is 9.47 Å². The maximum absolute atomic E-state index is 13.2. The van der Waals surface area contributed by atoms with Crippen LogP contribution in [0.15, 0.2) is 17.5 Å². The molecule has 8 nitrogen and oxygen atoms in total. The molecule has 2 spiro atoms. The fourth-order valence-corrected chi connectivity index (χ4v) is 5.72. The number of likely N-dealkylation sites (tertiary alicyclic amines) is 1. The van der Waals surface area contributed by atoms with E-state index < -0.39 is 11.3 Å². The topological polar surface area (TPSA) is 88.2 Å². The van der Waals surface area contributed by atoms with Gasteiger partial charge in [0.15, 0.2) is 5.79 Å². The van der Waals surface area contributed by atoms with Gasteiger partial charge in [-0.05, 0) is 24.3 Å². The third-order valence-corrected chi connectivity index (χ3v) is 7.45. The van der Waals surface area contributed by atoms with Crippen molar-refractivity contribution in [1.82, 2.24) is 15.1 Å². The Morgan fingerprint density at radius 3 is 2.59 bits per heavy atom. The summed E-state index contributed by atoms with van der Waals surface area (Å²) in [5.74, 6) is -0.687. The van der Waals surface area contributed by atoms with Crippen molar-refractivity contribution in [3.63, 3.8) is 0 Å². The fourth-order valence-electron chi connectivity index (χ4n) is 5.00. The Bertz CT molecular complexity index is 810. The minimum atomic E-state index is -0.850. The Hall–Kier alpha value is -1.97. The molecule has 3 aliphatic heterocycles. The normalized spacial score (nSPS) is 28.1. The van der Waals surface area contributed by atoms with Crippen molar-refractivity contribution in [2.75, 3.05) is 26.3 Å². The molecule has 9 heteroatoms. The Labute approximate surface area is 173 Å². The van der Waals surface area contributed by atoms with E-state index in [9.17, 15) is 14.4 Å². The molecule has 4 aliphatic rings. The number of amides is 4. The molecular weight excluding hydrogens is 394 g/mol. The number of carbonyl (C=O) groups excluding carboxylic acids is 3. The van der Waals surface area contributed by atoms with Crippen molar-refractivity contribution in [3.8, 4) is 0 Å². The number of urea groups is 1. The SMILES string of the molecule is O=C1CC(CN2C(=O)NC3(CCC4(CC3)OCCO4)C2=O)CN1Cc1cccs1. The summed E-state index contributed by atoms with van der Waals surface area (Å²) in [7, 11) is 0. The number of ether oxygens (including phenoxy) is 2. The van der Waals surface area contributed by atoms with Crippen LogP contribution in [0.25, 0.3) is 0 Å². The molecule has 0 bridgehead atoms. The molecule has 0 aromatic carbocycles. The second-order valence-electron chi connectivity index (χ2n) is 8.46. The van der Waals surface area contributed by atoms with Crippen LogP contribution in [0.3, 0.4) is 0 Å². The summed E-state index contributed by atoms with van der Waals surface area (Å²) in [6, 6.07) is 3.64. The molecule has 1 N–H and O–H groups in total. The first-order chi connectivity index (χ1) is 14.0. The molecule has 156 valence electrons. The highest BCUT2D eigenvalue weighted by Gasteiger charge is 2.56. The maximum Gasteiger partial charge on any atom is 0.325 e. The van der Waals surface area contributed by atoms with Crippen LogP contribution in [0, 0.1) is 5.92 Å². The van der Waals surface area contributed by atoms with E-state index >= 15 is 0 Å². The van der Waals surface area contributed by atoms with Crippen molar-refractivity contribution in [3.05, 3.63) is 22.4 Å². The van der Waals surface area contributed by atoms with Gasteiger partial charge >= 0.3 is 6.03 Å². The lowest BCUT2D eigenvalue weighted by molar-refractivity contribution is -0.186. The number of nitrogens with zero attached hydrogens (tertiary/aromatic N) is 2. The predicted octanol–water partition coefficient (Wildman–Crippen LogP) is 1.70. The average Bonchev–Trinajstić information content (AvgIpc) is 3.47. The molecule has 1 aromatic rings. The molecule has 0 radical (unpaired) electrons. The molecule has 1 saturated carbocycles. The van der Waals surface area contributed by atoms with Crippen molar-refractivity contribution >= 4 is 29.2 Å². The van der Waals surface area contributed by atoms with Gasteiger partial charge in [0, 0.05) is 43.1 Å². The highest BCUT2D eigenvalue weighted by Crippen LogP contribution is 2.43. The van der Waals surface area contributed by atoms with Gasteiger partial charge in [-0.15, -0.1) is 11.3 Å². The lowest BCUT2D eigenvalue weighted by Gasteiger charge is -2.39. The van der Waals surface area contributed by atoms with Crippen molar-refractivity contribution in [2.24, 2.45) is 5.92 Å². The van der Waals surface area contributed by atoms with Gasteiger partial charge in [-0.1, -0.05) is 6.07 Å². The zero-order chi connectivity index (χ0) is 20.1. The minimum Gasteiger partial charge on any atom is -0.348 e. The molecule has 5 rings (SSSR count). The van der Waals surface area contributed by atoms with Crippen molar-refractivity contribution in [2.45, 2.75) is 50.0 Å². The molecule has 4 fully saturated rings. The molecule has 1 atom stereocenters. The van der Waals surface area contributed by atoms with Crippen LogP contribution in [0.2, 0.25) is 0 Å². The summed E-state index contributed by atoms with van der Waals surface area (Å²) in [4.78, 5) is 42.4. The Morgan fingerprint density at radius 1 is 1.14 bits per heavy atom. The second-order valence-corrected chi connectivity index (χ2v) is 9.49. The summed E-state index contributed by atoms with van der Waals surface area (Å²) in [6.07, 6.45) is 2.61. The van der Waals surface area contributed by atoms with E-state index in [-0.39, 0.29) is 30.3 Å². The first kappa shape index (κ1) is 19.0. The van der Waals surface area contributed by atoms with Gasteiger partial charge in [-0.25, -0.2) is 4.79 Å². The maximum atomic E-state index is 13.2. The number of carbonyl (C=O) groups is 3. The van der Waals surface area contributed by atoms with Crippen LogP contribution in [-0.4, -0.2) is 65.3 Å². The fraction of sp³-hybridized carbons (Fsp3) is 0.650. The summed E-state index contributed by atoms with van der Waals surface area (Å²) in [5, 5.41) is 4.93. The number of hydrogen-bond acceptors (Lipinski definition) is 6. The summed E-state index contributed by atoms with van der Waals surface area (Å²) in [5.41, 5.74) is -0.850. The molecular formula is C20H25N3O5S. The van der Waals surface area contributed by atoms with Gasteiger partial charge in [0.05, 0.1) is 19.8 Å².